The van der Waals surface area contributed by atoms with E-state index in [0.717, 1.165) is 50.5 Å². The topological polar surface area (TPSA) is 44.5 Å². The van der Waals surface area contributed by atoms with Crippen molar-refractivity contribution in [2.45, 2.75) is 25.3 Å². The lowest BCUT2D eigenvalue weighted by Crippen LogP contribution is -2.37. The summed E-state index contributed by atoms with van der Waals surface area (Å²) >= 11 is 6.07. The second-order valence-corrected chi connectivity index (χ2v) is 9.97. The minimum Gasteiger partial charge on any atom is -0.398 e. The molecule has 1 fully saturated rings. The molecule has 3 N–H and O–H groups in total. The first-order valence-electron chi connectivity index (χ1n) is 12.5. The van der Waals surface area contributed by atoms with Gasteiger partial charge in [-0.1, -0.05) is 66.2 Å². The Morgan fingerprint density at radius 1 is 1.06 bits per heavy atom. The van der Waals surface area contributed by atoms with E-state index in [1.807, 2.05) is 25.1 Å². The zero-order valence-electron chi connectivity index (χ0n) is 20.0. The number of allylic oxidation sites excluding steroid dienone is 4. The number of benzene rings is 2. The van der Waals surface area contributed by atoms with Crippen molar-refractivity contribution in [3.05, 3.63) is 94.6 Å². The monoisotopic (exact) mass is 474 g/mol. The van der Waals surface area contributed by atoms with E-state index in [-0.39, 0.29) is 0 Å². The molecule has 3 aliphatic rings. The van der Waals surface area contributed by atoms with E-state index in [4.69, 9.17) is 17.3 Å². The minimum atomic E-state index is 0.489. The number of nitrogens with zero attached hydrogens (tertiary/aromatic N) is 2. The molecule has 0 saturated carbocycles. The number of nitrogens with one attached hydrogen (secondary N) is 1. The summed E-state index contributed by atoms with van der Waals surface area (Å²) in [6, 6.07) is 15.3. The number of anilines is 1. The summed E-state index contributed by atoms with van der Waals surface area (Å²) in [7, 11) is 0. The smallest absolute Gasteiger partial charge is 0.0426 e. The maximum absolute atomic E-state index is 6.20. The Bertz CT molecular complexity index is 1110. The van der Waals surface area contributed by atoms with Gasteiger partial charge in [-0.25, -0.2) is 0 Å². The molecule has 4 nitrogen and oxygen atoms in total. The number of halogens is 1. The zero-order chi connectivity index (χ0) is 23.5. The standard InChI is InChI=1S/C29H35ClN4/c1-2-28(26-13-12-21(30)20-27(26)31)32-14-17-33-15-7-16-34(19-18-33)29-24-10-5-3-8-22(24)23-9-4-6-11-25(23)29/h2-6,8-13,20,22,24,29,32H,7,14-19,31H2,1H3/b28-2+. The molecule has 1 heterocycles. The molecule has 0 aromatic heterocycles. The summed E-state index contributed by atoms with van der Waals surface area (Å²) in [4.78, 5) is 5.34. The van der Waals surface area contributed by atoms with E-state index in [1.54, 1.807) is 0 Å². The molecule has 0 radical (unpaired) electrons. The quantitative estimate of drug-likeness (QED) is 0.545. The summed E-state index contributed by atoms with van der Waals surface area (Å²) < 4.78 is 0. The lowest BCUT2D eigenvalue weighted by molar-refractivity contribution is 0.169. The molecule has 0 spiro atoms. The molecule has 1 saturated heterocycles. The van der Waals surface area contributed by atoms with Gasteiger partial charge in [0, 0.05) is 72.6 Å². The summed E-state index contributed by atoms with van der Waals surface area (Å²) in [5.74, 6) is 1.08. The third kappa shape index (κ3) is 4.68. The Labute approximate surface area is 208 Å². The van der Waals surface area contributed by atoms with Gasteiger partial charge in [-0.2, -0.15) is 0 Å². The summed E-state index contributed by atoms with van der Waals surface area (Å²) in [5.41, 5.74) is 12.0. The van der Waals surface area contributed by atoms with E-state index in [9.17, 15) is 0 Å². The van der Waals surface area contributed by atoms with Crippen molar-refractivity contribution < 1.29 is 0 Å². The highest BCUT2D eigenvalue weighted by atomic mass is 35.5. The lowest BCUT2D eigenvalue weighted by atomic mass is 9.86. The Balaban J connectivity index is 1.19. The number of hydrogen-bond acceptors (Lipinski definition) is 4. The molecular formula is C29H35ClN4. The fourth-order valence-electron chi connectivity index (χ4n) is 5.94. The average molecular weight is 475 g/mol. The largest absolute Gasteiger partial charge is 0.398 e. The highest BCUT2D eigenvalue weighted by Crippen LogP contribution is 2.50. The fourth-order valence-corrected chi connectivity index (χ4v) is 6.12. The van der Waals surface area contributed by atoms with Crippen LogP contribution in [0.25, 0.3) is 5.70 Å². The van der Waals surface area contributed by atoms with E-state index in [1.165, 1.54) is 17.5 Å². The molecule has 5 rings (SSSR count). The predicted octanol–water partition coefficient (Wildman–Crippen LogP) is 5.46. The van der Waals surface area contributed by atoms with E-state index in [2.05, 4.69) is 69.8 Å². The van der Waals surface area contributed by atoms with Gasteiger partial charge < -0.3 is 16.0 Å². The van der Waals surface area contributed by atoms with Crippen LogP contribution in [0.15, 0.2) is 72.8 Å². The van der Waals surface area contributed by atoms with Crippen LogP contribution in [0.4, 0.5) is 5.69 Å². The van der Waals surface area contributed by atoms with Crippen LogP contribution in [0.5, 0.6) is 0 Å². The SMILES string of the molecule is C/C=C(/NCCN1CCCN(C2c3ccccc3C3C=CC=CC32)CC1)c1ccc(Cl)cc1N. The van der Waals surface area contributed by atoms with Crippen molar-refractivity contribution in [3.63, 3.8) is 0 Å². The first kappa shape index (κ1) is 23.2. The number of rotatable bonds is 6. The number of fused-ring (bicyclic) bond motifs is 3. The van der Waals surface area contributed by atoms with Crippen LogP contribution in [0, 0.1) is 5.92 Å². The summed E-state index contributed by atoms with van der Waals surface area (Å²) in [6.45, 7) is 8.48. The number of nitrogen functional groups attached to an aromatic ring is 1. The van der Waals surface area contributed by atoms with Gasteiger partial charge in [-0.15, -0.1) is 0 Å². The van der Waals surface area contributed by atoms with Crippen LogP contribution < -0.4 is 11.1 Å². The maximum atomic E-state index is 6.20. The van der Waals surface area contributed by atoms with Crippen LogP contribution >= 0.6 is 11.6 Å². The lowest BCUT2D eigenvalue weighted by Gasteiger charge is -2.33. The molecule has 1 aliphatic heterocycles. The van der Waals surface area contributed by atoms with E-state index >= 15 is 0 Å². The van der Waals surface area contributed by atoms with Crippen LogP contribution in [0.1, 0.15) is 42.0 Å². The van der Waals surface area contributed by atoms with Crippen molar-refractivity contribution in [1.29, 1.82) is 0 Å². The molecular weight excluding hydrogens is 440 g/mol. The Morgan fingerprint density at radius 3 is 2.71 bits per heavy atom. The Morgan fingerprint density at radius 2 is 1.88 bits per heavy atom. The molecule has 0 bridgehead atoms. The van der Waals surface area contributed by atoms with Crippen LogP contribution in [-0.4, -0.2) is 49.1 Å². The molecule has 2 aromatic rings. The van der Waals surface area contributed by atoms with Crippen molar-refractivity contribution >= 4 is 23.0 Å². The van der Waals surface area contributed by atoms with Crippen molar-refractivity contribution in [1.82, 2.24) is 15.1 Å². The number of hydrogen-bond donors (Lipinski definition) is 2. The third-order valence-corrected chi connectivity index (χ3v) is 7.80. The highest BCUT2D eigenvalue weighted by Gasteiger charge is 2.41. The minimum absolute atomic E-state index is 0.489. The first-order valence-corrected chi connectivity index (χ1v) is 12.9. The van der Waals surface area contributed by atoms with Gasteiger partial charge in [0.1, 0.15) is 0 Å². The predicted molar refractivity (Wildman–Crippen MR) is 144 cm³/mol. The van der Waals surface area contributed by atoms with Gasteiger partial charge >= 0.3 is 0 Å². The fraction of sp³-hybridized carbons (Fsp3) is 0.379. The van der Waals surface area contributed by atoms with Gasteiger partial charge in [0.05, 0.1) is 0 Å². The van der Waals surface area contributed by atoms with E-state index < -0.39 is 0 Å². The molecule has 3 unspecified atom stereocenters. The molecule has 34 heavy (non-hydrogen) atoms. The van der Waals surface area contributed by atoms with Gasteiger partial charge in [0.2, 0.25) is 0 Å². The molecule has 2 aliphatic carbocycles. The van der Waals surface area contributed by atoms with Crippen molar-refractivity contribution in [2.24, 2.45) is 5.92 Å². The molecule has 2 aromatic carbocycles. The van der Waals surface area contributed by atoms with Crippen molar-refractivity contribution in [2.75, 3.05) is 45.0 Å². The van der Waals surface area contributed by atoms with E-state index in [0.29, 0.717) is 28.6 Å². The molecule has 5 heteroatoms. The van der Waals surface area contributed by atoms with Gasteiger partial charge in [-0.3, -0.25) is 4.90 Å². The second kappa shape index (κ2) is 10.4. The van der Waals surface area contributed by atoms with Gasteiger partial charge in [-0.05, 0) is 49.2 Å². The van der Waals surface area contributed by atoms with Crippen molar-refractivity contribution in [3.8, 4) is 0 Å². The second-order valence-electron chi connectivity index (χ2n) is 9.54. The van der Waals surface area contributed by atoms with Gasteiger partial charge in [0.25, 0.3) is 0 Å². The Kier molecular flexibility index (Phi) is 7.10. The Hall–Kier alpha value is -2.53. The van der Waals surface area contributed by atoms with Crippen LogP contribution in [0.3, 0.4) is 0 Å². The summed E-state index contributed by atoms with van der Waals surface area (Å²) in [6.07, 6.45) is 12.6. The normalized spacial score (nSPS) is 25.1. The first-order chi connectivity index (χ1) is 16.7. The van der Waals surface area contributed by atoms with Crippen LogP contribution in [-0.2, 0) is 0 Å². The van der Waals surface area contributed by atoms with Gasteiger partial charge in [0.15, 0.2) is 0 Å². The highest BCUT2D eigenvalue weighted by molar-refractivity contribution is 6.30. The zero-order valence-corrected chi connectivity index (χ0v) is 20.7. The third-order valence-electron chi connectivity index (χ3n) is 7.57. The molecule has 178 valence electrons. The summed E-state index contributed by atoms with van der Waals surface area (Å²) in [5, 5.41) is 4.26. The molecule has 0 amide bonds. The van der Waals surface area contributed by atoms with Crippen LogP contribution in [0.2, 0.25) is 5.02 Å². The number of nitrogens with two attached hydrogens (primary N) is 1. The molecule has 3 atom stereocenters. The average Bonchev–Trinajstić information content (AvgIpc) is 3.00. The maximum Gasteiger partial charge on any atom is 0.0426 e.